The van der Waals surface area contributed by atoms with Crippen molar-refractivity contribution < 1.29 is 0 Å². The Balaban J connectivity index is 2.04. The molecule has 24 heavy (non-hydrogen) atoms. The second-order valence-electron chi connectivity index (χ2n) is 6.09. The van der Waals surface area contributed by atoms with E-state index in [4.69, 9.17) is 0 Å². The molecule has 0 saturated heterocycles. The number of anilines is 3. The summed E-state index contributed by atoms with van der Waals surface area (Å²) in [4.78, 5) is 2.36. The number of para-hydroxylation sites is 3. The molecular weight excluding hydrogens is 290 g/mol. The van der Waals surface area contributed by atoms with Gasteiger partial charge in [-0.05, 0) is 48.7 Å². The second-order valence-corrected chi connectivity index (χ2v) is 6.09. The van der Waals surface area contributed by atoms with E-state index in [1.165, 1.54) is 41.9 Å². The van der Waals surface area contributed by atoms with Crippen molar-refractivity contribution in [3.8, 4) is 0 Å². The fourth-order valence-corrected chi connectivity index (χ4v) is 3.09. The molecule has 3 aromatic rings. The molecule has 0 aliphatic carbocycles. The molecule has 0 unspecified atom stereocenters. The zero-order chi connectivity index (χ0) is 16.6. The standard InChI is InChI=1S/C23H25N/c1-2-3-6-13-20-14-11-12-19-23(20)24(21-15-7-4-8-16-21)22-17-9-5-10-18-22/h4-5,7-12,14-19H,2-3,6,13H2,1H3. The molecule has 0 saturated carbocycles. The topological polar surface area (TPSA) is 3.24 Å². The van der Waals surface area contributed by atoms with Gasteiger partial charge in [0.2, 0.25) is 0 Å². The van der Waals surface area contributed by atoms with Gasteiger partial charge in [0.05, 0.1) is 0 Å². The summed E-state index contributed by atoms with van der Waals surface area (Å²) in [5.74, 6) is 0. The molecule has 0 aromatic heterocycles. The summed E-state index contributed by atoms with van der Waals surface area (Å²) in [6.45, 7) is 2.26. The van der Waals surface area contributed by atoms with Crippen molar-refractivity contribution in [3.63, 3.8) is 0 Å². The van der Waals surface area contributed by atoms with Crippen LogP contribution in [0.25, 0.3) is 0 Å². The van der Waals surface area contributed by atoms with Crippen molar-refractivity contribution >= 4 is 17.1 Å². The van der Waals surface area contributed by atoms with Gasteiger partial charge in [-0.1, -0.05) is 74.4 Å². The minimum absolute atomic E-state index is 1.13. The highest BCUT2D eigenvalue weighted by molar-refractivity contribution is 5.78. The van der Waals surface area contributed by atoms with E-state index < -0.39 is 0 Å². The van der Waals surface area contributed by atoms with Crippen LogP contribution in [0.15, 0.2) is 84.9 Å². The fourth-order valence-electron chi connectivity index (χ4n) is 3.09. The molecule has 0 aliphatic heterocycles. The number of hydrogen-bond donors (Lipinski definition) is 0. The minimum atomic E-state index is 1.13. The molecule has 0 radical (unpaired) electrons. The number of hydrogen-bond acceptors (Lipinski definition) is 1. The second kappa shape index (κ2) is 8.35. The van der Waals surface area contributed by atoms with Gasteiger partial charge in [0.25, 0.3) is 0 Å². The first-order valence-corrected chi connectivity index (χ1v) is 8.88. The molecule has 0 N–H and O–H groups in total. The van der Waals surface area contributed by atoms with E-state index in [1.54, 1.807) is 0 Å². The van der Waals surface area contributed by atoms with Crippen molar-refractivity contribution in [2.45, 2.75) is 32.6 Å². The van der Waals surface area contributed by atoms with Gasteiger partial charge >= 0.3 is 0 Å². The molecule has 122 valence electrons. The van der Waals surface area contributed by atoms with Crippen LogP contribution in [0.2, 0.25) is 0 Å². The Morgan fingerprint density at radius 2 is 1.17 bits per heavy atom. The lowest BCUT2D eigenvalue weighted by Gasteiger charge is -2.27. The van der Waals surface area contributed by atoms with Crippen molar-refractivity contribution in [2.75, 3.05) is 4.90 Å². The number of unbranched alkanes of at least 4 members (excludes halogenated alkanes) is 2. The molecule has 0 bridgehead atoms. The zero-order valence-electron chi connectivity index (χ0n) is 14.4. The summed E-state index contributed by atoms with van der Waals surface area (Å²) >= 11 is 0. The summed E-state index contributed by atoms with van der Waals surface area (Å²) in [5.41, 5.74) is 5.10. The molecule has 0 spiro atoms. The van der Waals surface area contributed by atoms with Crippen LogP contribution in [0.1, 0.15) is 31.7 Å². The fraction of sp³-hybridized carbons (Fsp3) is 0.217. The van der Waals surface area contributed by atoms with Crippen LogP contribution in [-0.2, 0) is 6.42 Å². The van der Waals surface area contributed by atoms with E-state index in [0.29, 0.717) is 0 Å². The third-order valence-corrected chi connectivity index (χ3v) is 4.31. The van der Waals surface area contributed by atoms with Gasteiger partial charge in [0.15, 0.2) is 0 Å². The summed E-state index contributed by atoms with van der Waals surface area (Å²) in [7, 11) is 0. The molecule has 0 fully saturated rings. The van der Waals surface area contributed by atoms with Gasteiger partial charge < -0.3 is 4.90 Å². The van der Waals surface area contributed by atoms with Gasteiger partial charge in [-0.3, -0.25) is 0 Å². The van der Waals surface area contributed by atoms with Crippen molar-refractivity contribution in [2.24, 2.45) is 0 Å². The van der Waals surface area contributed by atoms with E-state index >= 15 is 0 Å². The van der Waals surface area contributed by atoms with Gasteiger partial charge in [-0.25, -0.2) is 0 Å². The molecule has 0 aliphatic rings. The van der Waals surface area contributed by atoms with Gasteiger partial charge in [-0.15, -0.1) is 0 Å². The summed E-state index contributed by atoms with van der Waals surface area (Å²) < 4.78 is 0. The number of rotatable bonds is 7. The van der Waals surface area contributed by atoms with Crippen LogP contribution in [-0.4, -0.2) is 0 Å². The summed E-state index contributed by atoms with van der Waals surface area (Å²) in [6, 6.07) is 30.0. The zero-order valence-corrected chi connectivity index (χ0v) is 14.4. The third-order valence-electron chi connectivity index (χ3n) is 4.31. The minimum Gasteiger partial charge on any atom is -0.310 e. The van der Waals surface area contributed by atoms with Gasteiger partial charge in [0, 0.05) is 17.1 Å². The Kier molecular flexibility index (Phi) is 5.68. The largest absolute Gasteiger partial charge is 0.310 e. The number of benzene rings is 3. The predicted octanol–water partition coefficient (Wildman–Crippen LogP) is 6.89. The maximum Gasteiger partial charge on any atom is 0.0493 e. The Hall–Kier alpha value is -2.54. The highest BCUT2D eigenvalue weighted by Crippen LogP contribution is 2.36. The van der Waals surface area contributed by atoms with Crippen molar-refractivity contribution in [1.29, 1.82) is 0 Å². The summed E-state index contributed by atoms with van der Waals surface area (Å²) in [5, 5.41) is 0. The molecule has 3 rings (SSSR count). The van der Waals surface area contributed by atoms with Crippen molar-refractivity contribution in [3.05, 3.63) is 90.5 Å². The summed E-state index contributed by atoms with van der Waals surface area (Å²) in [6.07, 6.45) is 4.90. The lowest BCUT2D eigenvalue weighted by atomic mass is 10.0. The van der Waals surface area contributed by atoms with Gasteiger partial charge in [-0.2, -0.15) is 0 Å². The van der Waals surface area contributed by atoms with Crippen LogP contribution >= 0.6 is 0 Å². The van der Waals surface area contributed by atoms with E-state index in [0.717, 1.165) is 6.42 Å². The average Bonchev–Trinajstić information content (AvgIpc) is 2.65. The van der Waals surface area contributed by atoms with Crippen LogP contribution in [0, 0.1) is 0 Å². The monoisotopic (exact) mass is 315 g/mol. The van der Waals surface area contributed by atoms with E-state index in [1.807, 2.05) is 0 Å². The average molecular weight is 315 g/mol. The lowest BCUT2D eigenvalue weighted by molar-refractivity contribution is 0.717. The Morgan fingerprint density at radius 3 is 1.75 bits per heavy atom. The Labute approximate surface area is 145 Å². The number of aryl methyl sites for hydroxylation is 1. The Morgan fingerprint density at radius 1 is 0.625 bits per heavy atom. The highest BCUT2D eigenvalue weighted by atomic mass is 15.1. The molecule has 1 nitrogen and oxygen atoms in total. The highest BCUT2D eigenvalue weighted by Gasteiger charge is 2.14. The first kappa shape index (κ1) is 16.3. The first-order chi connectivity index (χ1) is 11.9. The van der Waals surface area contributed by atoms with Crippen LogP contribution in [0.3, 0.4) is 0 Å². The van der Waals surface area contributed by atoms with Crippen LogP contribution < -0.4 is 4.90 Å². The van der Waals surface area contributed by atoms with E-state index in [-0.39, 0.29) is 0 Å². The Bertz CT molecular complexity index is 695. The first-order valence-electron chi connectivity index (χ1n) is 8.88. The van der Waals surface area contributed by atoms with Gasteiger partial charge in [0.1, 0.15) is 0 Å². The van der Waals surface area contributed by atoms with E-state index in [2.05, 4.69) is 96.8 Å². The third kappa shape index (κ3) is 3.86. The van der Waals surface area contributed by atoms with Crippen LogP contribution in [0.5, 0.6) is 0 Å². The van der Waals surface area contributed by atoms with Crippen LogP contribution in [0.4, 0.5) is 17.1 Å². The predicted molar refractivity (Wildman–Crippen MR) is 104 cm³/mol. The molecule has 0 heterocycles. The molecule has 3 aromatic carbocycles. The lowest BCUT2D eigenvalue weighted by Crippen LogP contribution is -2.12. The van der Waals surface area contributed by atoms with Crippen molar-refractivity contribution in [1.82, 2.24) is 0 Å². The number of nitrogens with zero attached hydrogens (tertiary/aromatic N) is 1. The molecule has 0 atom stereocenters. The molecule has 0 amide bonds. The maximum absolute atomic E-state index is 2.36. The molecule has 1 heteroatoms. The maximum atomic E-state index is 2.36. The normalized spacial score (nSPS) is 10.5. The smallest absolute Gasteiger partial charge is 0.0493 e. The molecular formula is C23H25N. The van der Waals surface area contributed by atoms with E-state index in [9.17, 15) is 0 Å². The quantitative estimate of drug-likeness (QED) is 0.429. The SMILES string of the molecule is CCCCCc1ccccc1N(c1ccccc1)c1ccccc1.